The molecule has 0 bridgehead atoms. The minimum Gasteiger partial charge on any atom is -0.372 e. The third kappa shape index (κ3) is 3.23. The van der Waals surface area contributed by atoms with Crippen LogP contribution in [0.25, 0.3) is 11.1 Å². The van der Waals surface area contributed by atoms with Crippen molar-refractivity contribution >= 4 is 0 Å². The van der Waals surface area contributed by atoms with Crippen molar-refractivity contribution in [1.82, 2.24) is 10.3 Å². The number of fused-ring (bicyclic) bond motifs is 1. The number of ether oxygens (including phenoxy) is 1. The zero-order valence-corrected chi connectivity index (χ0v) is 12.7. The molecular formula is C17H17F3N2O. The highest BCUT2D eigenvalue weighted by Gasteiger charge is 2.33. The molecule has 122 valence electrons. The van der Waals surface area contributed by atoms with Crippen LogP contribution in [0.5, 0.6) is 0 Å². The molecule has 1 atom stereocenters. The van der Waals surface area contributed by atoms with Crippen LogP contribution in [-0.2, 0) is 17.3 Å². The fourth-order valence-corrected chi connectivity index (χ4v) is 2.96. The van der Waals surface area contributed by atoms with Gasteiger partial charge in [-0.05, 0) is 47.9 Å². The molecule has 0 fully saturated rings. The van der Waals surface area contributed by atoms with Gasteiger partial charge in [0.2, 0.25) is 0 Å². The molecule has 3 nitrogen and oxygen atoms in total. The molecule has 0 unspecified atom stereocenters. The van der Waals surface area contributed by atoms with Crippen LogP contribution in [0, 0.1) is 0 Å². The van der Waals surface area contributed by atoms with Crippen molar-refractivity contribution in [2.75, 3.05) is 20.2 Å². The summed E-state index contributed by atoms with van der Waals surface area (Å²) in [6.07, 6.45) is -2.62. The third-order valence-corrected chi connectivity index (χ3v) is 3.98. The molecule has 0 radical (unpaired) electrons. The molecule has 0 aliphatic carbocycles. The zero-order valence-electron chi connectivity index (χ0n) is 12.7. The van der Waals surface area contributed by atoms with Crippen molar-refractivity contribution in [3.05, 3.63) is 53.3 Å². The molecule has 0 saturated heterocycles. The van der Waals surface area contributed by atoms with Crippen molar-refractivity contribution in [3.8, 4) is 11.1 Å². The summed E-state index contributed by atoms with van der Waals surface area (Å²) in [6, 6.07) is 8.42. The number of nitrogens with one attached hydrogen (secondary N) is 1. The van der Waals surface area contributed by atoms with E-state index in [9.17, 15) is 13.2 Å². The van der Waals surface area contributed by atoms with Crippen molar-refractivity contribution in [2.24, 2.45) is 0 Å². The van der Waals surface area contributed by atoms with E-state index < -0.39 is 11.9 Å². The number of hydrogen-bond acceptors (Lipinski definition) is 3. The van der Waals surface area contributed by atoms with Crippen LogP contribution in [0.15, 0.2) is 36.5 Å². The van der Waals surface area contributed by atoms with E-state index >= 15 is 0 Å². The van der Waals surface area contributed by atoms with Crippen molar-refractivity contribution in [2.45, 2.75) is 18.7 Å². The molecule has 1 aromatic carbocycles. The average molecular weight is 322 g/mol. The molecule has 0 amide bonds. The van der Waals surface area contributed by atoms with E-state index in [4.69, 9.17) is 4.74 Å². The summed E-state index contributed by atoms with van der Waals surface area (Å²) < 4.78 is 44.4. The van der Waals surface area contributed by atoms with Gasteiger partial charge in [-0.25, -0.2) is 0 Å². The molecule has 2 aromatic rings. The summed E-state index contributed by atoms with van der Waals surface area (Å²) in [6.45, 7) is 1.23. The third-order valence-electron chi connectivity index (χ3n) is 3.98. The summed E-state index contributed by atoms with van der Waals surface area (Å²) in [5.41, 5.74) is 2.58. The second-order valence-corrected chi connectivity index (χ2v) is 5.47. The molecule has 6 heteroatoms. The first-order valence-electron chi connectivity index (χ1n) is 7.42. The predicted molar refractivity (Wildman–Crippen MR) is 81.0 cm³/mol. The normalized spacial score (nSPS) is 17.8. The molecule has 1 aromatic heterocycles. The Morgan fingerprint density at radius 1 is 1.30 bits per heavy atom. The van der Waals surface area contributed by atoms with Crippen LogP contribution in [0.3, 0.4) is 0 Å². The van der Waals surface area contributed by atoms with Gasteiger partial charge in [-0.2, -0.15) is 13.2 Å². The average Bonchev–Trinajstić information content (AvgIpc) is 2.54. The molecule has 1 N–H and O–H groups in total. The van der Waals surface area contributed by atoms with Crippen LogP contribution < -0.4 is 5.32 Å². The first kappa shape index (κ1) is 16.0. The van der Waals surface area contributed by atoms with Gasteiger partial charge >= 0.3 is 6.18 Å². The number of alkyl halides is 3. The number of halogens is 3. The Balaban J connectivity index is 2.06. The summed E-state index contributed by atoms with van der Waals surface area (Å²) in [5.74, 6) is 0. The Hall–Kier alpha value is -1.92. The smallest absolute Gasteiger partial charge is 0.372 e. The first-order valence-corrected chi connectivity index (χ1v) is 7.42. The van der Waals surface area contributed by atoms with Gasteiger partial charge < -0.3 is 10.1 Å². The number of pyridine rings is 1. The van der Waals surface area contributed by atoms with Gasteiger partial charge in [-0.15, -0.1) is 0 Å². The second-order valence-electron chi connectivity index (χ2n) is 5.47. The number of benzene rings is 1. The molecule has 23 heavy (non-hydrogen) atoms. The lowest BCUT2D eigenvalue weighted by Gasteiger charge is -2.28. The topological polar surface area (TPSA) is 34.1 Å². The van der Waals surface area contributed by atoms with Crippen LogP contribution in [0.2, 0.25) is 0 Å². The van der Waals surface area contributed by atoms with Crippen molar-refractivity contribution in [3.63, 3.8) is 0 Å². The van der Waals surface area contributed by atoms with Crippen LogP contribution in [0.1, 0.15) is 22.9 Å². The lowest BCUT2D eigenvalue weighted by Crippen LogP contribution is -2.25. The molecule has 1 aliphatic rings. The molecular weight excluding hydrogens is 305 g/mol. The maximum absolute atomic E-state index is 12.9. The predicted octanol–water partition coefficient (Wildman–Crippen LogP) is 3.60. The number of hydrogen-bond donors (Lipinski definition) is 1. The molecule has 3 rings (SSSR count). The SMILES string of the molecule is CNC[C@@H]1OCCc2c(-c3ccnc(C(F)(F)F)c3)cccc21. The minimum absolute atomic E-state index is 0.0763. The lowest BCUT2D eigenvalue weighted by molar-refractivity contribution is -0.141. The van der Waals surface area contributed by atoms with Gasteiger partial charge in [0.25, 0.3) is 0 Å². The van der Waals surface area contributed by atoms with Gasteiger partial charge in [0.05, 0.1) is 12.7 Å². The zero-order chi connectivity index (χ0) is 16.4. The summed E-state index contributed by atoms with van der Waals surface area (Å²) in [4.78, 5) is 3.43. The largest absolute Gasteiger partial charge is 0.433 e. The van der Waals surface area contributed by atoms with E-state index in [0.717, 1.165) is 22.8 Å². The Kier molecular flexibility index (Phi) is 4.37. The number of nitrogens with zero attached hydrogens (tertiary/aromatic N) is 1. The maximum atomic E-state index is 12.9. The van der Waals surface area contributed by atoms with E-state index in [1.165, 1.54) is 6.20 Å². The van der Waals surface area contributed by atoms with E-state index in [0.29, 0.717) is 25.1 Å². The maximum Gasteiger partial charge on any atom is 0.433 e. The lowest BCUT2D eigenvalue weighted by atomic mass is 9.89. The monoisotopic (exact) mass is 322 g/mol. The molecule has 0 saturated carbocycles. The number of aromatic nitrogens is 1. The highest BCUT2D eigenvalue weighted by Crippen LogP contribution is 2.36. The molecule has 2 heterocycles. The summed E-state index contributed by atoms with van der Waals surface area (Å²) in [5, 5.41) is 3.08. The Morgan fingerprint density at radius 3 is 2.87 bits per heavy atom. The van der Waals surface area contributed by atoms with Gasteiger partial charge in [0.15, 0.2) is 0 Å². The number of rotatable bonds is 3. The summed E-state index contributed by atoms with van der Waals surface area (Å²) in [7, 11) is 1.85. The van der Waals surface area contributed by atoms with Crippen LogP contribution >= 0.6 is 0 Å². The second kappa shape index (κ2) is 6.29. The Morgan fingerprint density at radius 2 is 2.13 bits per heavy atom. The molecule has 0 spiro atoms. The van der Waals surface area contributed by atoms with E-state index in [1.807, 2.05) is 25.2 Å². The fourth-order valence-electron chi connectivity index (χ4n) is 2.96. The minimum atomic E-state index is -4.44. The highest BCUT2D eigenvalue weighted by molar-refractivity contribution is 5.69. The van der Waals surface area contributed by atoms with Gasteiger partial charge in [0.1, 0.15) is 5.69 Å². The highest BCUT2D eigenvalue weighted by atomic mass is 19.4. The molecule has 1 aliphatic heterocycles. The fraction of sp³-hybridized carbons (Fsp3) is 0.353. The quantitative estimate of drug-likeness (QED) is 0.937. The van der Waals surface area contributed by atoms with Crippen molar-refractivity contribution in [1.29, 1.82) is 0 Å². The van der Waals surface area contributed by atoms with E-state index in [-0.39, 0.29) is 6.10 Å². The Bertz CT molecular complexity index is 700. The van der Waals surface area contributed by atoms with Crippen molar-refractivity contribution < 1.29 is 17.9 Å². The standard InChI is InChI=1S/C17H17F3N2O/c1-21-10-15-14-4-2-3-12(13(14)6-8-23-15)11-5-7-22-16(9-11)17(18,19)20/h2-5,7,9,15,21H,6,8,10H2,1H3/t15-/m0/s1. The van der Waals surface area contributed by atoms with Gasteiger partial charge in [0, 0.05) is 12.7 Å². The Labute approximate surface area is 132 Å². The summed E-state index contributed by atoms with van der Waals surface area (Å²) >= 11 is 0. The first-order chi connectivity index (χ1) is 11.0. The van der Waals surface area contributed by atoms with Gasteiger partial charge in [-0.1, -0.05) is 18.2 Å². The van der Waals surface area contributed by atoms with Gasteiger partial charge in [-0.3, -0.25) is 4.98 Å². The number of likely N-dealkylation sites (N-methyl/N-ethyl adjacent to an activating group) is 1. The van der Waals surface area contributed by atoms with E-state index in [1.54, 1.807) is 6.07 Å². The van der Waals surface area contributed by atoms with E-state index in [2.05, 4.69) is 10.3 Å². The van der Waals surface area contributed by atoms with Crippen LogP contribution in [-0.4, -0.2) is 25.2 Å². The van der Waals surface area contributed by atoms with Crippen LogP contribution in [0.4, 0.5) is 13.2 Å².